The Morgan fingerprint density at radius 2 is 2.19 bits per heavy atom. The van der Waals surface area contributed by atoms with Gasteiger partial charge in [-0.3, -0.25) is 4.79 Å². The fourth-order valence-corrected chi connectivity index (χ4v) is 2.75. The van der Waals surface area contributed by atoms with Crippen LogP contribution in [0, 0.1) is 0 Å². The molecule has 1 aromatic carbocycles. The number of carbonyl (C=O) groups is 1. The maximum absolute atomic E-state index is 11.8. The molecule has 0 saturated heterocycles. The van der Waals surface area contributed by atoms with Crippen molar-refractivity contribution >= 4 is 5.91 Å². The minimum absolute atomic E-state index is 0.0988. The molecule has 2 rings (SSSR count). The summed E-state index contributed by atoms with van der Waals surface area (Å²) in [6.45, 7) is 4.74. The molecule has 1 aliphatic carbocycles. The normalized spacial score (nSPS) is 22.2. The third-order valence-corrected chi connectivity index (χ3v) is 4.13. The van der Waals surface area contributed by atoms with Gasteiger partial charge in [0.25, 0.3) is 0 Å². The summed E-state index contributed by atoms with van der Waals surface area (Å²) in [7, 11) is 1.70. The van der Waals surface area contributed by atoms with Gasteiger partial charge < -0.3 is 15.4 Å². The fraction of sp³-hybridized carbons (Fsp3) is 0.588. The summed E-state index contributed by atoms with van der Waals surface area (Å²) in [5.41, 5.74) is 1.33. The van der Waals surface area contributed by atoms with Crippen molar-refractivity contribution in [3.05, 3.63) is 29.8 Å². The van der Waals surface area contributed by atoms with E-state index < -0.39 is 0 Å². The molecule has 0 spiro atoms. The summed E-state index contributed by atoms with van der Waals surface area (Å²) in [6.07, 6.45) is 3.14. The molecule has 1 atom stereocenters. The van der Waals surface area contributed by atoms with E-state index in [4.69, 9.17) is 4.74 Å². The Balaban J connectivity index is 1.77. The molecule has 116 valence electrons. The van der Waals surface area contributed by atoms with Crippen molar-refractivity contribution in [2.75, 3.05) is 13.7 Å². The predicted octanol–water partition coefficient (Wildman–Crippen LogP) is 2.45. The van der Waals surface area contributed by atoms with Gasteiger partial charge in [-0.1, -0.05) is 19.1 Å². The van der Waals surface area contributed by atoms with Crippen LogP contribution in [0.15, 0.2) is 24.3 Å². The molecule has 1 saturated carbocycles. The average molecular weight is 290 g/mol. The van der Waals surface area contributed by atoms with Crippen LogP contribution in [0.2, 0.25) is 0 Å². The Bertz CT molecular complexity index is 470. The molecule has 1 fully saturated rings. The fourth-order valence-electron chi connectivity index (χ4n) is 2.75. The van der Waals surface area contributed by atoms with Gasteiger partial charge in [-0.15, -0.1) is 0 Å². The highest BCUT2D eigenvalue weighted by Gasteiger charge is 2.32. The lowest BCUT2D eigenvalue weighted by Gasteiger charge is -2.38. The van der Waals surface area contributed by atoms with Crippen LogP contribution in [-0.2, 0) is 4.79 Å². The largest absolute Gasteiger partial charge is 0.497 e. The monoisotopic (exact) mass is 290 g/mol. The number of benzene rings is 1. The summed E-state index contributed by atoms with van der Waals surface area (Å²) < 4.78 is 5.27. The zero-order chi connectivity index (χ0) is 15.2. The first-order chi connectivity index (χ1) is 10.1. The molecule has 21 heavy (non-hydrogen) atoms. The van der Waals surface area contributed by atoms with Crippen molar-refractivity contribution in [3.63, 3.8) is 0 Å². The lowest BCUT2D eigenvalue weighted by Crippen LogP contribution is -2.50. The second-order valence-electron chi connectivity index (χ2n) is 5.82. The van der Waals surface area contributed by atoms with Gasteiger partial charge in [-0.05, 0) is 49.8 Å². The van der Waals surface area contributed by atoms with E-state index >= 15 is 0 Å². The quantitative estimate of drug-likeness (QED) is 0.811. The first-order valence-electron chi connectivity index (χ1n) is 7.81. The SMILES string of the molecule is CCCNC(=O)C(C)NC1CC(c2cccc(OC)c2)C1. The topological polar surface area (TPSA) is 50.4 Å². The van der Waals surface area contributed by atoms with Crippen molar-refractivity contribution in [3.8, 4) is 5.75 Å². The number of nitrogens with one attached hydrogen (secondary N) is 2. The van der Waals surface area contributed by atoms with E-state index in [1.165, 1.54) is 5.56 Å². The van der Waals surface area contributed by atoms with Crippen LogP contribution in [0.1, 0.15) is 44.6 Å². The molecule has 0 aliphatic heterocycles. The summed E-state index contributed by atoms with van der Waals surface area (Å²) in [5, 5.41) is 6.34. The van der Waals surface area contributed by atoms with Crippen molar-refractivity contribution in [2.24, 2.45) is 0 Å². The van der Waals surface area contributed by atoms with Crippen LogP contribution in [0.3, 0.4) is 0 Å². The Hall–Kier alpha value is -1.55. The Labute approximate surface area is 127 Å². The molecule has 1 unspecified atom stereocenters. The summed E-state index contributed by atoms with van der Waals surface area (Å²) in [4.78, 5) is 11.8. The highest BCUT2D eigenvalue weighted by Crippen LogP contribution is 2.38. The third-order valence-electron chi connectivity index (χ3n) is 4.13. The van der Waals surface area contributed by atoms with Gasteiger partial charge in [-0.2, -0.15) is 0 Å². The minimum Gasteiger partial charge on any atom is -0.497 e. The molecule has 1 aliphatic rings. The van der Waals surface area contributed by atoms with Gasteiger partial charge in [0, 0.05) is 12.6 Å². The third kappa shape index (κ3) is 4.21. The van der Waals surface area contributed by atoms with E-state index in [0.717, 1.165) is 31.6 Å². The molecular weight excluding hydrogens is 264 g/mol. The minimum atomic E-state index is -0.118. The van der Waals surface area contributed by atoms with Gasteiger partial charge in [0.2, 0.25) is 5.91 Å². The van der Waals surface area contributed by atoms with Crippen LogP contribution in [0.4, 0.5) is 0 Å². The Morgan fingerprint density at radius 1 is 1.43 bits per heavy atom. The number of hydrogen-bond acceptors (Lipinski definition) is 3. The molecule has 0 radical (unpaired) electrons. The molecule has 4 heteroatoms. The zero-order valence-corrected chi connectivity index (χ0v) is 13.2. The first kappa shape index (κ1) is 15.8. The van der Waals surface area contributed by atoms with Gasteiger partial charge in [0.15, 0.2) is 0 Å². The number of amides is 1. The van der Waals surface area contributed by atoms with Crippen LogP contribution in [0.5, 0.6) is 5.75 Å². The van der Waals surface area contributed by atoms with Crippen LogP contribution in [0.25, 0.3) is 0 Å². The van der Waals surface area contributed by atoms with Crippen LogP contribution >= 0.6 is 0 Å². The predicted molar refractivity (Wildman–Crippen MR) is 84.7 cm³/mol. The summed E-state index contributed by atoms with van der Waals surface area (Å²) in [5.74, 6) is 1.58. The van der Waals surface area contributed by atoms with E-state index in [-0.39, 0.29) is 11.9 Å². The van der Waals surface area contributed by atoms with Crippen LogP contribution in [-0.4, -0.2) is 31.6 Å². The highest BCUT2D eigenvalue weighted by molar-refractivity contribution is 5.81. The maximum atomic E-state index is 11.8. The number of methoxy groups -OCH3 is 1. The standard InChI is InChI=1S/C17H26N2O2/c1-4-8-18-17(20)12(2)19-15-9-14(10-15)13-6-5-7-16(11-13)21-3/h5-7,11-12,14-15,19H,4,8-10H2,1-3H3,(H,18,20). The van der Waals surface area contributed by atoms with Crippen LogP contribution < -0.4 is 15.4 Å². The average Bonchev–Trinajstić information content (AvgIpc) is 2.47. The second kappa shape index (κ2) is 7.46. The summed E-state index contributed by atoms with van der Waals surface area (Å²) >= 11 is 0. The van der Waals surface area contributed by atoms with E-state index in [0.29, 0.717) is 12.0 Å². The lowest BCUT2D eigenvalue weighted by molar-refractivity contribution is -0.123. The molecule has 2 N–H and O–H groups in total. The number of rotatable bonds is 7. The van der Waals surface area contributed by atoms with Gasteiger partial charge >= 0.3 is 0 Å². The molecule has 1 amide bonds. The van der Waals surface area contributed by atoms with E-state index in [2.05, 4.69) is 29.7 Å². The zero-order valence-electron chi connectivity index (χ0n) is 13.2. The summed E-state index contributed by atoms with van der Waals surface area (Å²) in [6, 6.07) is 8.59. The Kier molecular flexibility index (Phi) is 5.62. The number of ether oxygens (including phenoxy) is 1. The van der Waals surface area contributed by atoms with Gasteiger partial charge in [-0.25, -0.2) is 0 Å². The molecule has 1 aromatic rings. The van der Waals surface area contributed by atoms with Crippen molar-refractivity contribution < 1.29 is 9.53 Å². The Morgan fingerprint density at radius 3 is 2.86 bits per heavy atom. The number of carbonyl (C=O) groups excluding carboxylic acids is 1. The van der Waals surface area contributed by atoms with Crippen molar-refractivity contribution in [1.29, 1.82) is 0 Å². The van der Waals surface area contributed by atoms with Gasteiger partial charge in [0.1, 0.15) is 5.75 Å². The molecule has 0 bridgehead atoms. The molecular formula is C17H26N2O2. The van der Waals surface area contributed by atoms with Crippen molar-refractivity contribution in [1.82, 2.24) is 10.6 Å². The van der Waals surface area contributed by atoms with Crippen molar-refractivity contribution in [2.45, 2.75) is 51.1 Å². The number of hydrogen-bond donors (Lipinski definition) is 2. The second-order valence-corrected chi connectivity index (χ2v) is 5.82. The van der Waals surface area contributed by atoms with E-state index in [1.54, 1.807) is 7.11 Å². The molecule has 0 heterocycles. The van der Waals surface area contributed by atoms with Gasteiger partial charge in [0.05, 0.1) is 13.2 Å². The first-order valence-corrected chi connectivity index (χ1v) is 7.81. The van der Waals surface area contributed by atoms with E-state index in [1.807, 2.05) is 19.1 Å². The van der Waals surface area contributed by atoms with E-state index in [9.17, 15) is 4.79 Å². The molecule has 0 aromatic heterocycles. The molecule has 4 nitrogen and oxygen atoms in total. The lowest BCUT2D eigenvalue weighted by atomic mass is 9.75. The smallest absolute Gasteiger partial charge is 0.236 e. The highest BCUT2D eigenvalue weighted by atomic mass is 16.5. The maximum Gasteiger partial charge on any atom is 0.236 e.